The van der Waals surface area contributed by atoms with Gasteiger partial charge in [0.05, 0.1) is 17.7 Å². The first-order valence-electron chi connectivity index (χ1n) is 8.93. The molecule has 28 heavy (non-hydrogen) atoms. The Morgan fingerprint density at radius 1 is 1.11 bits per heavy atom. The SMILES string of the molecule is NCCOc1ccc(CC(=O)NCCCc2cccc(C(F)(F)F)c2)cc1N. The summed E-state index contributed by atoms with van der Waals surface area (Å²) in [5, 5.41) is 2.76. The zero-order valence-electron chi connectivity index (χ0n) is 15.4. The highest BCUT2D eigenvalue weighted by atomic mass is 19.4. The van der Waals surface area contributed by atoms with Crippen molar-refractivity contribution in [3.05, 3.63) is 59.2 Å². The molecule has 0 saturated heterocycles. The number of carbonyl (C=O) groups excluding carboxylic acids is 1. The number of carbonyl (C=O) groups is 1. The highest BCUT2D eigenvalue weighted by Gasteiger charge is 2.30. The molecule has 1 amide bonds. The van der Waals surface area contributed by atoms with Crippen molar-refractivity contribution in [1.82, 2.24) is 5.32 Å². The Morgan fingerprint density at radius 3 is 2.57 bits per heavy atom. The highest BCUT2D eigenvalue weighted by Crippen LogP contribution is 2.29. The third kappa shape index (κ3) is 6.77. The minimum atomic E-state index is -4.35. The van der Waals surface area contributed by atoms with E-state index < -0.39 is 11.7 Å². The molecule has 5 nitrogen and oxygen atoms in total. The average Bonchev–Trinajstić information content (AvgIpc) is 2.64. The van der Waals surface area contributed by atoms with Crippen LogP contribution in [0.2, 0.25) is 0 Å². The number of rotatable bonds is 9. The quantitative estimate of drug-likeness (QED) is 0.450. The molecule has 0 aliphatic rings. The number of hydrogen-bond donors (Lipinski definition) is 3. The van der Waals surface area contributed by atoms with Crippen molar-refractivity contribution in [1.29, 1.82) is 0 Å². The van der Waals surface area contributed by atoms with Gasteiger partial charge in [0.25, 0.3) is 0 Å². The van der Waals surface area contributed by atoms with E-state index in [1.54, 1.807) is 24.3 Å². The van der Waals surface area contributed by atoms with E-state index in [-0.39, 0.29) is 12.3 Å². The van der Waals surface area contributed by atoms with Gasteiger partial charge in [-0.25, -0.2) is 0 Å². The summed E-state index contributed by atoms with van der Waals surface area (Å²) in [7, 11) is 0. The maximum atomic E-state index is 12.7. The molecule has 152 valence electrons. The number of nitrogens with one attached hydrogen (secondary N) is 1. The van der Waals surface area contributed by atoms with Gasteiger partial charge in [-0.3, -0.25) is 4.79 Å². The number of amides is 1. The van der Waals surface area contributed by atoms with E-state index in [0.717, 1.165) is 17.7 Å². The second-order valence-corrected chi connectivity index (χ2v) is 6.34. The summed E-state index contributed by atoms with van der Waals surface area (Å²) in [5.74, 6) is 0.342. The molecule has 0 fully saturated rings. The van der Waals surface area contributed by atoms with Gasteiger partial charge in [0.15, 0.2) is 0 Å². The molecule has 0 spiro atoms. The third-order valence-corrected chi connectivity index (χ3v) is 4.03. The number of anilines is 1. The topological polar surface area (TPSA) is 90.4 Å². The molecule has 0 aliphatic carbocycles. The van der Waals surface area contributed by atoms with Crippen LogP contribution in [0.5, 0.6) is 5.75 Å². The zero-order chi connectivity index (χ0) is 20.6. The molecular formula is C20H24F3N3O2. The second kappa shape index (κ2) is 9.98. The molecule has 0 heterocycles. The standard InChI is InChI=1S/C20H24F3N3O2/c21-20(22,23)16-5-1-3-14(11-16)4-2-9-26-19(27)13-15-6-7-18(17(25)12-15)28-10-8-24/h1,3,5-7,11-12H,2,4,8-10,13,24-25H2,(H,26,27). The van der Waals surface area contributed by atoms with Crippen LogP contribution in [0, 0.1) is 0 Å². The number of ether oxygens (including phenoxy) is 1. The van der Waals surface area contributed by atoms with Gasteiger partial charge in [-0.05, 0) is 42.2 Å². The fourth-order valence-electron chi connectivity index (χ4n) is 2.68. The predicted octanol–water partition coefficient (Wildman–Crippen LogP) is 2.92. The lowest BCUT2D eigenvalue weighted by molar-refractivity contribution is -0.137. The molecule has 2 rings (SSSR count). The molecule has 8 heteroatoms. The summed E-state index contributed by atoms with van der Waals surface area (Å²) in [6, 6.07) is 10.3. The summed E-state index contributed by atoms with van der Waals surface area (Å²) in [5.41, 5.74) is 12.4. The van der Waals surface area contributed by atoms with Crippen molar-refractivity contribution in [3.8, 4) is 5.75 Å². The van der Waals surface area contributed by atoms with Crippen molar-refractivity contribution >= 4 is 11.6 Å². The van der Waals surface area contributed by atoms with Crippen molar-refractivity contribution in [2.24, 2.45) is 5.73 Å². The normalized spacial score (nSPS) is 11.3. The van der Waals surface area contributed by atoms with Gasteiger partial charge in [-0.15, -0.1) is 0 Å². The molecular weight excluding hydrogens is 371 g/mol. The number of alkyl halides is 3. The first kappa shape index (κ1) is 21.6. The van der Waals surface area contributed by atoms with Gasteiger partial charge in [-0.1, -0.05) is 24.3 Å². The Morgan fingerprint density at radius 2 is 1.89 bits per heavy atom. The first-order valence-corrected chi connectivity index (χ1v) is 8.93. The van der Waals surface area contributed by atoms with Gasteiger partial charge < -0.3 is 21.5 Å². The van der Waals surface area contributed by atoms with Crippen LogP contribution in [0.25, 0.3) is 0 Å². The van der Waals surface area contributed by atoms with E-state index in [1.165, 1.54) is 6.07 Å². The number of halogens is 3. The molecule has 0 aromatic heterocycles. The van der Waals surface area contributed by atoms with E-state index in [2.05, 4.69) is 5.32 Å². The minimum Gasteiger partial charge on any atom is -0.490 e. The van der Waals surface area contributed by atoms with E-state index >= 15 is 0 Å². The van der Waals surface area contributed by atoms with Crippen LogP contribution in [-0.4, -0.2) is 25.6 Å². The number of aryl methyl sites for hydroxylation is 1. The van der Waals surface area contributed by atoms with Gasteiger partial charge >= 0.3 is 6.18 Å². The van der Waals surface area contributed by atoms with E-state index in [1.807, 2.05) is 0 Å². The van der Waals surface area contributed by atoms with Crippen LogP contribution < -0.4 is 21.5 Å². The van der Waals surface area contributed by atoms with Gasteiger partial charge in [-0.2, -0.15) is 13.2 Å². The van der Waals surface area contributed by atoms with Crippen LogP contribution in [0.4, 0.5) is 18.9 Å². The molecule has 0 saturated carbocycles. The largest absolute Gasteiger partial charge is 0.490 e. The maximum Gasteiger partial charge on any atom is 0.416 e. The number of benzene rings is 2. The molecule has 5 N–H and O–H groups in total. The molecule has 0 atom stereocenters. The summed E-state index contributed by atoms with van der Waals surface area (Å²) in [6.07, 6.45) is -3.20. The van der Waals surface area contributed by atoms with Crippen LogP contribution >= 0.6 is 0 Å². The highest BCUT2D eigenvalue weighted by molar-refractivity contribution is 5.79. The maximum absolute atomic E-state index is 12.7. The Bertz CT molecular complexity index is 795. The molecule has 0 bridgehead atoms. The molecule has 2 aromatic rings. The number of hydrogen-bond acceptors (Lipinski definition) is 4. The summed E-state index contributed by atoms with van der Waals surface area (Å²) >= 11 is 0. The average molecular weight is 395 g/mol. The third-order valence-electron chi connectivity index (χ3n) is 4.03. The zero-order valence-corrected chi connectivity index (χ0v) is 15.4. The van der Waals surface area contributed by atoms with E-state index in [4.69, 9.17) is 16.2 Å². The number of nitrogen functional groups attached to an aromatic ring is 1. The number of nitrogens with two attached hydrogens (primary N) is 2. The van der Waals surface area contributed by atoms with Crippen molar-refractivity contribution in [2.45, 2.75) is 25.4 Å². The smallest absolute Gasteiger partial charge is 0.416 e. The van der Waals surface area contributed by atoms with E-state index in [9.17, 15) is 18.0 Å². The first-order chi connectivity index (χ1) is 13.3. The molecule has 0 radical (unpaired) electrons. The van der Waals surface area contributed by atoms with Crippen LogP contribution in [-0.2, 0) is 23.8 Å². The molecule has 0 aliphatic heterocycles. The van der Waals surface area contributed by atoms with Gasteiger partial charge in [0.1, 0.15) is 12.4 Å². The van der Waals surface area contributed by atoms with Gasteiger partial charge in [0, 0.05) is 13.1 Å². The summed E-state index contributed by atoms with van der Waals surface area (Å²) < 4.78 is 43.5. The molecule has 2 aromatic carbocycles. The van der Waals surface area contributed by atoms with Gasteiger partial charge in [0.2, 0.25) is 5.91 Å². The minimum absolute atomic E-state index is 0.158. The lowest BCUT2D eigenvalue weighted by atomic mass is 10.1. The Labute approximate surface area is 161 Å². The Hall–Kier alpha value is -2.74. The fraction of sp³-hybridized carbons (Fsp3) is 0.350. The van der Waals surface area contributed by atoms with Crippen molar-refractivity contribution in [2.75, 3.05) is 25.4 Å². The Balaban J connectivity index is 1.77. The Kier molecular flexibility index (Phi) is 7.69. The monoisotopic (exact) mass is 395 g/mol. The van der Waals surface area contributed by atoms with Crippen molar-refractivity contribution < 1.29 is 22.7 Å². The lowest BCUT2D eigenvalue weighted by Crippen LogP contribution is -2.26. The summed E-state index contributed by atoms with van der Waals surface area (Å²) in [6.45, 7) is 1.11. The summed E-state index contributed by atoms with van der Waals surface area (Å²) in [4.78, 5) is 12.0. The van der Waals surface area contributed by atoms with Crippen molar-refractivity contribution in [3.63, 3.8) is 0 Å². The van der Waals surface area contributed by atoms with Crippen LogP contribution in [0.15, 0.2) is 42.5 Å². The van der Waals surface area contributed by atoms with Crippen LogP contribution in [0.3, 0.4) is 0 Å². The fourth-order valence-corrected chi connectivity index (χ4v) is 2.68. The van der Waals surface area contributed by atoms with Crippen LogP contribution in [0.1, 0.15) is 23.1 Å². The predicted molar refractivity (Wildman–Crippen MR) is 102 cm³/mol. The lowest BCUT2D eigenvalue weighted by Gasteiger charge is -2.10. The van der Waals surface area contributed by atoms with E-state index in [0.29, 0.717) is 49.5 Å². The molecule has 0 unspecified atom stereocenters. The second-order valence-electron chi connectivity index (χ2n) is 6.34.